The third-order valence-electron chi connectivity index (χ3n) is 5.44. The number of rotatable bonds is 8. The average Bonchev–Trinajstić information content (AvgIpc) is 3.38. The number of H-pyrrole nitrogens is 1. The Labute approximate surface area is 180 Å². The molecule has 0 amide bonds. The number of hydrogen-bond acceptors (Lipinski definition) is 5. The molecule has 1 fully saturated rings. The van der Waals surface area contributed by atoms with Gasteiger partial charge in [-0.1, -0.05) is 0 Å². The van der Waals surface area contributed by atoms with Crippen molar-refractivity contribution in [1.82, 2.24) is 4.98 Å². The Bertz CT molecular complexity index is 1180. The average molecular weight is 423 g/mol. The lowest BCUT2D eigenvalue weighted by Crippen LogP contribution is -2.29. The zero-order valence-corrected chi connectivity index (χ0v) is 17.9. The van der Waals surface area contributed by atoms with Gasteiger partial charge in [0.2, 0.25) is 0 Å². The van der Waals surface area contributed by atoms with Crippen LogP contribution in [0.5, 0.6) is 17.2 Å². The van der Waals surface area contributed by atoms with Gasteiger partial charge in [-0.05, 0) is 63.7 Å². The Kier molecular flexibility index (Phi) is 5.45. The van der Waals surface area contributed by atoms with Gasteiger partial charge in [-0.2, -0.15) is 0 Å². The van der Waals surface area contributed by atoms with Crippen molar-refractivity contribution in [1.29, 1.82) is 0 Å². The first-order valence-electron chi connectivity index (χ1n) is 10.1. The van der Waals surface area contributed by atoms with E-state index in [0.717, 1.165) is 18.5 Å². The molecule has 0 spiro atoms. The summed E-state index contributed by atoms with van der Waals surface area (Å²) in [6.45, 7) is 7.75. The quantitative estimate of drug-likeness (QED) is 0.382. The van der Waals surface area contributed by atoms with Crippen LogP contribution in [-0.2, 0) is 0 Å². The molecule has 3 N–H and O–H groups in total. The van der Waals surface area contributed by atoms with Crippen molar-refractivity contribution >= 4 is 29.1 Å². The maximum atomic E-state index is 15.0. The number of aliphatic imine (C=N–C) groups is 1. The fourth-order valence-corrected chi connectivity index (χ4v) is 3.43. The standard InChI is InChI=1S/C24H26FN3O3/c1-5-19(31-20-7-6-17-16(23(20)25)10-14(2)28-17)15-11-21(29-4)22(12-18(15)27-3)30-13-24(26)8-9-24/h5-7,10-12,28H,3,8-9,13,26H2,1-2,4H3/b19-5+. The van der Waals surface area contributed by atoms with E-state index in [2.05, 4.69) is 16.7 Å². The van der Waals surface area contributed by atoms with Crippen molar-refractivity contribution in [2.24, 2.45) is 10.7 Å². The van der Waals surface area contributed by atoms with E-state index in [1.165, 1.54) is 0 Å². The van der Waals surface area contributed by atoms with Crippen LogP contribution < -0.4 is 19.9 Å². The molecule has 1 saturated carbocycles. The number of halogens is 1. The lowest BCUT2D eigenvalue weighted by Gasteiger charge is -2.18. The Morgan fingerprint density at radius 2 is 2.03 bits per heavy atom. The van der Waals surface area contributed by atoms with Crippen LogP contribution in [0.4, 0.5) is 10.1 Å². The van der Waals surface area contributed by atoms with Gasteiger partial charge >= 0.3 is 0 Å². The fourth-order valence-electron chi connectivity index (χ4n) is 3.43. The molecule has 1 aromatic heterocycles. The van der Waals surface area contributed by atoms with E-state index in [1.807, 2.05) is 6.92 Å². The predicted octanol–water partition coefficient (Wildman–Crippen LogP) is 5.27. The summed E-state index contributed by atoms with van der Waals surface area (Å²) in [4.78, 5) is 7.24. The van der Waals surface area contributed by atoms with Crippen LogP contribution >= 0.6 is 0 Å². The van der Waals surface area contributed by atoms with E-state index in [0.29, 0.717) is 46.0 Å². The molecule has 31 heavy (non-hydrogen) atoms. The second-order valence-electron chi connectivity index (χ2n) is 7.88. The summed E-state index contributed by atoms with van der Waals surface area (Å²) in [7, 11) is 1.56. The highest BCUT2D eigenvalue weighted by molar-refractivity contribution is 5.83. The zero-order chi connectivity index (χ0) is 22.2. The first kappa shape index (κ1) is 20.9. The summed E-state index contributed by atoms with van der Waals surface area (Å²) in [6.07, 6.45) is 3.62. The predicted molar refractivity (Wildman–Crippen MR) is 121 cm³/mol. The Balaban J connectivity index is 1.67. The van der Waals surface area contributed by atoms with Crippen molar-refractivity contribution in [2.75, 3.05) is 13.7 Å². The lowest BCUT2D eigenvalue weighted by molar-refractivity contribution is 0.264. The third-order valence-corrected chi connectivity index (χ3v) is 5.44. The van der Waals surface area contributed by atoms with Crippen LogP contribution in [-0.4, -0.2) is 31.0 Å². The number of aromatic amines is 1. The highest BCUT2D eigenvalue weighted by atomic mass is 19.1. The summed E-state index contributed by atoms with van der Waals surface area (Å²) in [5, 5.41) is 0.477. The van der Waals surface area contributed by atoms with Gasteiger partial charge in [-0.15, -0.1) is 0 Å². The van der Waals surface area contributed by atoms with Crippen LogP contribution in [0.1, 0.15) is 31.0 Å². The van der Waals surface area contributed by atoms with Gasteiger partial charge in [0.05, 0.1) is 18.3 Å². The minimum atomic E-state index is -0.432. The highest BCUT2D eigenvalue weighted by Gasteiger charge is 2.39. The van der Waals surface area contributed by atoms with E-state index in [1.54, 1.807) is 50.4 Å². The molecule has 6 nitrogen and oxygen atoms in total. The van der Waals surface area contributed by atoms with Crippen molar-refractivity contribution in [2.45, 2.75) is 32.2 Å². The number of nitrogens with two attached hydrogens (primary N) is 1. The lowest BCUT2D eigenvalue weighted by atomic mass is 10.1. The molecule has 0 unspecified atom stereocenters. The topological polar surface area (TPSA) is 81.9 Å². The second kappa shape index (κ2) is 8.07. The number of aryl methyl sites for hydroxylation is 1. The van der Waals surface area contributed by atoms with Gasteiger partial charge in [-0.3, -0.25) is 4.99 Å². The first-order chi connectivity index (χ1) is 14.9. The number of hydrogen-bond donors (Lipinski definition) is 2. The molecular weight excluding hydrogens is 397 g/mol. The van der Waals surface area contributed by atoms with E-state index in [-0.39, 0.29) is 11.3 Å². The normalized spacial score (nSPS) is 15.1. The molecule has 3 aromatic rings. The zero-order valence-electron chi connectivity index (χ0n) is 17.9. The fraction of sp³-hybridized carbons (Fsp3) is 0.292. The minimum absolute atomic E-state index is 0.118. The van der Waals surface area contributed by atoms with E-state index >= 15 is 4.39 Å². The number of nitrogens with one attached hydrogen (secondary N) is 1. The molecule has 2 aromatic carbocycles. The van der Waals surface area contributed by atoms with Crippen LogP contribution in [0, 0.1) is 12.7 Å². The number of ether oxygens (including phenoxy) is 3. The number of allylic oxidation sites excluding steroid dienone is 1. The summed E-state index contributed by atoms with van der Waals surface area (Å²) in [5.74, 6) is 1.14. The monoisotopic (exact) mass is 423 g/mol. The summed E-state index contributed by atoms with van der Waals surface area (Å²) < 4.78 is 32.4. The molecule has 1 aliphatic rings. The number of benzene rings is 2. The Hall–Kier alpha value is -3.32. The largest absolute Gasteiger partial charge is 0.493 e. The summed E-state index contributed by atoms with van der Waals surface area (Å²) in [6, 6.07) is 8.63. The molecule has 0 saturated heterocycles. The summed E-state index contributed by atoms with van der Waals surface area (Å²) >= 11 is 0. The number of fused-ring (bicyclic) bond motifs is 1. The molecule has 0 radical (unpaired) electrons. The molecule has 162 valence electrons. The SMILES string of the molecule is C=Nc1cc(OCC2(N)CC2)c(OC)cc1/C(=C\C)Oc1ccc2[nH]c(C)cc2c1F. The molecule has 7 heteroatoms. The van der Waals surface area contributed by atoms with Gasteiger partial charge in [0.1, 0.15) is 12.4 Å². The number of aromatic nitrogens is 1. The van der Waals surface area contributed by atoms with Crippen LogP contribution in [0.3, 0.4) is 0 Å². The molecule has 0 atom stereocenters. The molecular formula is C24H26FN3O3. The van der Waals surface area contributed by atoms with Crippen molar-refractivity contribution < 1.29 is 18.6 Å². The smallest absolute Gasteiger partial charge is 0.175 e. The van der Waals surface area contributed by atoms with Gasteiger partial charge in [-0.25, -0.2) is 4.39 Å². The van der Waals surface area contributed by atoms with Gasteiger partial charge < -0.3 is 24.9 Å². The first-order valence-corrected chi connectivity index (χ1v) is 10.1. The van der Waals surface area contributed by atoms with E-state index < -0.39 is 5.82 Å². The van der Waals surface area contributed by atoms with Crippen molar-refractivity contribution in [3.63, 3.8) is 0 Å². The Morgan fingerprint density at radius 3 is 2.68 bits per heavy atom. The third kappa shape index (κ3) is 4.14. The second-order valence-corrected chi connectivity index (χ2v) is 7.88. The van der Waals surface area contributed by atoms with Gasteiger partial charge in [0, 0.05) is 28.2 Å². The number of nitrogens with zero attached hydrogens (tertiary/aromatic N) is 1. The van der Waals surface area contributed by atoms with E-state index in [4.69, 9.17) is 19.9 Å². The summed E-state index contributed by atoms with van der Waals surface area (Å²) in [5.41, 5.74) is 8.60. The highest BCUT2D eigenvalue weighted by Crippen LogP contribution is 2.41. The molecule has 0 bridgehead atoms. The molecule has 1 aliphatic carbocycles. The van der Waals surface area contributed by atoms with Crippen molar-refractivity contribution in [3.05, 3.63) is 53.5 Å². The minimum Gasteiger partial charge on any atom is -0.493 e. The maximum Gasteiger partial charge on any atom is 0.175 e. The van der Waals surface area contributed by atoms with Crippen LogP contribution in [0.25, 0.3) is 16.7 Å². The Morgan fingerprint density at radius 1 is 1.26 bits per heavy atom. The van der Waals surface area contributed by atoms with Crippen LogP contribution in [0.15, 0.2) is 41.4 Å². The van der Waals surface area contributed by atoms with Gasteiger partial charge in [0.15, 0.2) is 23.1 Å². The molecule has 1 heterocycles. The van der Waals surface area contributed by atoms with Crippen LogP contribution in [0.2, 0.25) is 0 Å². The van der Waals surface area contributed by atoms with Crippen molar-refractivity contribution in [3.8, 4) is 17.2 Å². The van der Waals surface area contributed by atoms with E-state index in [9.17, 15) is 0 Å². The molecule has 0 aliphatic heterocycles. The molecule has 4 rings (SSSR count). The maximum absolute atomic E-state index is 15.0. The van der Waals surface area contributed by atoms with Gasteiger partial charge in [0.25, 0.3) is 0 Å². The number of methoxy groups -OCH3 is 1.